The Hall–Kier alpha value is -1.14. The average Bonchev–Trinajstić information content (AvgIpc) is 2.64. The van der Waals surface area contributed by atoms with E-state index in [1.54, 1.807) is 6.92 Å². The molecule has 0 radical (unpaired) electrons. The number of hydrogen-bond acceptors (Lipinski definition) is 3. The van der Waals surface area contributed by atoms with E-state index < -0.39 is 0 Å². The first-order valence-corrected chi connectivity index (χ1v) is 7.79. The number of halogens is 1. The predicted octanol–water partition coefficient (Wildman–Crippen LogP) is 2.14. The van der Waals surface area contributed by atoms with E-state index in [1.165, 1.54) is 0 Å². The highest BCUT2D eigenvalue weighted by Crippen LogP contribution is 2.28. The Bertz CT molecular complexity index is 535. The van der Waals surface area contributed by atoms with Crippen molar-refractivity contribution in [2.24, 2.45) is 5.73 Å². The zero-order chi connectivity index (χ0) is 14.7. The van der Waals surface area contributed by atoms with Crippen molar-refractivity contribution in [1.82, 2.24) is 4.90 Å². The van der Waals surface area contributed by atoms with Crippen LogP contribution in [0.3, 0.4) is 0 Å². The first kappa shape index (κ1) is 15.3. The van der Waals surface area contributed by atoms with Crippen LogP contribution in [0, 0.1) is 0 Å². The normalized spacial score (nSPS) is 15.9. The van der Waals surface area contributed by atoms with Crippen molar-refractivity contribution < 1.29 is 4.79 Å². The molecule has 20 heavy (non-hydrogen) atoms. The van der Waals surface area contributed by atoms with Crippen molar-refractivity contribution in [3.05, 3.63) is 28.2 Å². The van der Waals surface area contributed by atoms with Crippen LogP contribution in [0.4, 0.5) is 5.69 Å². The van der Waals surface area contributed by atoms with E-state index in [2.05, 4.69) is 20.8 Å². The second-order valence-corrected chi connectivity index (χ2v) is 6.17. The lowest BCUT2D eigenvalue weighted by Crippen LogP contribution is -2.33. The summed E-state index contributed by atoms with van der Waals surface area (Å²) in [5, 5.41) is 0. The average molecular weight is 356 g/mol. The highest BCUT2D eigenvalue weighted by molar-refractivity contribution is 9.10. The second kappa shape index (κ2) is 6.54. The molecule has 1 aromatic carbocycles. The molecule has 0 atom stereocenters. The second-order valence-electron chi connectivity index (χ2n) is 4.88. The van der Waals surface area contributed by atoms with Crippen LogP contribution in [0.5, 0.6) is 0 Å². The summed E-state index contributed by atoms with van der Waals surface area (Å²) in [6.45, 7) is 5.00. The van der Waals surface area contributed by atoms with E-state index in [1.807, 2.05) is 23.1 Å². The molecule has 0 spiro atoms. The van der Waals surface area contributed by atoms with E-state index >= 15 is 0 Å². The number of hydrogen-bond donors (Lipinski definition) is 1. The number of nitrogens with two attached hydrogens (primary N) is 1. The maximum atomic E-state index is 11.5. The molecule has 0 unspecified atom stereocenters. The third-order valence-electron chi connectivity index (χ3n) is 3.51. The fourth-order valence-corrected chi connectivity index (χ4v) is 3.15. The number of amides is 1. The fraction of sp³-hybridized carbons (Fsp3) is 0.429. The van der Waals surface area contributed by atoms with Gasteiger partial charge in [-0.2, -0.15) is 0 Å². The summed E-state index contributed by atoms with van der Waals surface area (Å²) < 4.78 is 0.985. The molecule has 2 rings (SSSR count). The minimum atomic E-state index is 0.148. The van der Waals surface area contributed by atoms with Crippen molar-refractivity contribution in [2.75, 3.05) is 31.1 Å². The number of nitrogens with zero attached hydrogens (tertiary/aromatic N) is 2. The van der Waals surface area contributed by atoms with Gasteiger partial charge < -0.3 is 15.5 Å². The molecule has 1 aliphatic rings. The Morgan fingerprint density at radius 1 is 1.30 bits per heavy atom. The van der Waals surface area contributed by atoms with Crippen LogP contribution in [0.1, 0.15) is 18.9 Å². The predicted molar refractivity (Wildman–Crippen MR) is 89.1 cm³/mol. The lowest BCUT2D eigenvalue weighted by molar-refractivity contribution is -0.128. The topological polar surface area (TPSA) is 49.6 Å². The maximum absolute atomic E-state index is 11.5. The van der Waals surface area contributed by atoms with Crippen LogP contribution in [0.15, 0.2) is 22.7 Å². The highest BCUT2D eigenvalue weighted by Gasteiger charge is 2.18. The molecular weight excluding hydrogens is 338 g/mol. The van der Waals surface area contributed by atoms with Crippen LogP contribution in [-0.2, 0) is 4.79 Å². The molecule has 1 heterocycles. The summed E-state index contributed by atoms with van der Waals surface area (Å²) in [4.78, 5) is 16.0. The Balaban J connectivity index is 2.15. The molecule has 2 N–H and O–H groups in total. The third-order valence-corrected chi connectivity index (χ3v) is 4.38. The van der Waals surface area contributed by atoms with Gasteiger partial charge in [0.1, 0.15) is 4.99 Å². The Kier molecular flexibility index (Phi) is 4.99. The molecule has 1 amide bonds. The smallest absolute Gasteiger partial charge is 0.219 e. The molecule has 0 aromatic heterocycles. The zero-order valence-corrected chi connectivity index (χ0v) is 13.8. The van der Waals surface area contributed by atoms with Gasteiger partial charge in [-0.15, -0.1) is 0 Å². The van der Waals surface area contributed by atoms with Crippen molar-refractivity contribution in [2.45, 2.75) is 13.3 Å². The van der Waals surface area contributed by atoms with E-state index in [4.69, 9.17) is 18.0 Å². The summed E-state index contributed by atoms with van der Waals surface area (Å²) in [5.74, 6) is 0.148. The van der Waals surface area contributed by atoms with Crippen LogP contribution in [0.25, 0.3) is 0 Å². The molecule has 1 aliphatic heterocycles. The van der Waals surface area contributed by atoms with Crippen LogP contribution in [0.2, 0.25) is 0 Å². The van der Waals surface area contributed by atoms with Crippen molar-refractivity contribution >= 4 is 44.7 Å². The molecule has 1 saturated heterocycles. The first-order valence-electron chi connectivity index (χ1n) is 6.59. The number of carbonyl (C=O) groups is 1. The van der Waals surface area contributed by atoms with Gasteiger partial charge in [0.15, 0.2) is 0 Å². The molecule has 0 saturated carbocycles. The van der Waals surface area contributed by atoms with Gasteiger partial charge in [0.25, 0.3) is 0 Å². The zero-order valence-electron chi connectivity index (χ0n) is 11.4. The van der Waals surface area contributed by atoms with Crippen LogP contribution < -0.4 is 10.6 Å². The van der Waals surface area contributed by atoms with Crippen molar-refractivity contribution in [1.29, 1.82) is 0 Å². The van der Waals surface area contributed by atoms with E-state index in [9.17, 15) is 4.79 Å². The van der Waals surface area contributed by atoms with Crippen LogP contribution in [-0.4, -0.2) is 42.0 Å². The van der Waals surface area contributed by atoms with E-state index in [0.29, 0.717) is 4.99 Å². The van der Waals surface area contributed by atoms with Gasteiger partial charge >= 0.3 is 0 Å². The summed E-state index contributed by atoms with van der Waals surface area (Å²) in [5.41, 5.74) is 7.62. The lowest BCUT2D eigenvalue weighted by Gasteiger charge is -2.24. The summed E-state index contributed by atoms with van der Waals surface area (Å²) in [6.07, 6.45) is 0.975. The third kappa shape index (κ3) is 3.49. The number of benzene rings is 1. The number of rotatable bonds is 2. The van der Waals surface area contributed by atoms with Gasteiger partial charge in [0, 0.05) is 43.1 Å². The molecule has 4 nitrogen and oxygen atoms in total. The standard InChI is InChI=1S/C14H18BrN3OS/c1-10(19)17-5-2-6-18(8-7-17)13-4-3-11(14(16)20)9-12(13)15/h3-4,9H,2,5-8H2,1H3,(H2,16,20). The SMILES string of the molecule is CC(=O)N1CCCN(c2ccc(C(N)=S)cc2Br)CC1. The largest absolute Gasteiger partial charge is 0.389 e. The Labute approximate surface area is 133 Å². The van der Waals surface area contributed by atoms with Gasteiger partial charge in [-0.05, 0) is 40.5 Å². The van der Waals surface area contributed by atoms with Crippen LogP contribution >= 0.6 is 28.1 Å². The van der Waals surface area contributed by atoms with Gasteiger partial charge in [-0.1, -0.05) is 12.2 Å². The van der Waals surface area contributed by atoms with E-state index in [0.717, 1.165) is 48.3 Å². The van der Waals surface area contributed by atoms with E-state index in [-0.39, 0.29) is 5.91 Å². The van der Waals surface area contributed by atoms with Gasteiger partial charge in [0.2, 0.25) is 5.91 Å². The lowest BCUT2D eigenvalue weighted by atomic mass is 10.2. The summed E-state index contributed by atoms with van der Waals surface area (Å²) in [6, 6.07) is 5.92. The van der Waals surface area contributed by atoms with Crippen molar-refractivity contribution in [3.8, 4) is 0 Å². The van der Waals surface area contributed by atoms with Gasteiger partial charge in [-0.3, -0.25) is 4.79 Å². The number of thiocarbonyl (C=S) groups is 1. The number of carbonyl (C=O) groups excluding carboxylic acids is 1. The Morgan fingerprint density at radius 2 is 2.05 bits per heavy atom. The van der Waals surface area contributed by atoms with Crippen molar-refractivity contribution in [3.63, 3.8) is 0 Å². The molecule has 6 heteroatoms. The maximum Gasteiger partial charge on any atom is 0.219 e. The number of anilines is 1. The fourth-order valence-electron chi connectivity index (χ4n) is 2.39. The quantitative estimate of drug-likeness (QED) is 0.825. The summed E-state index contributed by atoms with van der Waals surface area (Å²) >= 11 is 8.57. The van der Waals surface area contributed by atoms with Gasteiger partial charge in [-0.25, -0.2) is 0 Å². The molecule has 1 fully saturated rings. The molecular formula is C14H18BrN3OS. The monoisotopic (exact) mass is 355 g/mol. The molecule has 1 aromatic rings. The minimum Gasteiger partial charge on any atom is -0.389 e. The summed E-state index contributed by atoms with van der Waals surface area (Å²) in [7, 11) is 0. The molecule has 0 bridgehead atoms. The molecule has 108 valence electrons. The first-order chi connectivity index (χ1) is 9.49. The van der Waals surface area contributed by atoms with Gasteiger partial charge in [0.05, 0.1) is 5.69 Å². The Morgan fingerprint density at radius 3 is 2.65 bits per heavy atom. The highest BCUT2D eigenvalue weighted by atomic mass is 79.9. The minimum absolute atomic E-state index is 0.148. The molecule has 0 aliphatic carbocycles.